The number of hydrogen-bond donors (Lipinski definition) is 7. The zero-order valence-corrected chi connectivity index (χ0v) is 24.8. The lowest BCUT2D eigenvalue weighted by Gasteiger charge is -2.21. The van der Waals surface area contributed by atoms with Gasteiger partial charge in [0.1, 0.15) is 24.9 Å². The molecule has 6 atom stereocenters. The number of hydrogen-bond acceptors (Lipinski definition) is 11. The molecule has 45 heavy (non-hydrogen) atoms. The largest absolute Gasteiger partial charge is 0.445 e. The molecule has 2 amide bonds. The maximum absolute atomic E-state index is 12.9. The van der Waals surface area contributed by atoms with Gasteiger partial charge in [-0.15, -0.1) is 0 Å². The van der Waals surface area contributed by atoms with Gasteiger partial charge in [0.2, 0.25) is 11.2 Å². The number of nitrogens with zero attached hydrogens (tertiary/aromatic N) is 4. The highest BCUT2D eigenvalue weighted by Gasteiger charge is 2.44. The van der Waals surface area contributed by atoms with E-state index in [1.54, 1.807) is 28.8 Å². The van der Waals surface area contributed by atoms with E-state index in [0.29, 0.717) is 11.9 Å². The number of halogens is 1. The summed E-state index contributed by atoms with van der Waals surface area (Å²) in [5.41, 5.74) is 2.35. The first-order valence-corrected chi connectivity index (χ1v) is 14.7. The highest BCUT2D eigenvalue weighted by atomic mass is 35.5. The zero-order chi connectivity index (χ0) is 31.9. The molecule has 0 unspecified atom stereocenters. The van der Waals surface area contributed by atoms with Gasteiger partial charge in [-0.3, -0.25) is 4.79 Å². The second-order valence-corrected chi connectivity index (χ2v) is 11.1. The van der Waals surface area contributed by atoms with Gasteiger partial charge in [-0.05, 0) is 35.6 Å². The summed E-state index contributed by atoms with van der Waals surface area (Å²) in [6.07, 6.45) is -1.63. The lowest BCUT2D eigenvalue weighted by Crippen LogP contribution is -2.53. The van der Waals surface area contributed by atoms with Crippen molar-refractivity contribution in [1.82, 2.24) is 30.2 Å². The molecular weight excluding hydrogens is 606 g/mol. The fraction of sp³-hybridized carbons (Fsp3) is 0.367. The number of aromatic nitrogens is 4. The number of nitrogens with one attached hydrogen (secondary N) is 3. The Bertz CT molecular complexity index is 1590. The number of amides is 2. The van der Waals surface area contributed by atoms with Crippen LogP contribution in [-0.4, -0.2) is 95.5 Å². The molecule has 0 saturated heterocycles. The molecule has 5 rings (SSSR count). The summed E-state index contributed by atoms with van der Waals surface area (Å²) in [5, 5.41) is 49.5. The summed E-state index contributed by atoms with van der Waals surface area (Å²) in [7, 11) is 0. The number of alkyl carbamates (subject to hydrolysis) is 1. The summed E-state index contributed by atoms with van der Waals surface area (Å²) < 4.78 is 6.67. The first-order valence-electron chi connectivity index (χ1n) is 14.3. The Balaban J connectivity index is 1.25. The fourth-order valence-electron chi connectivity index (χ4n) is 5.30. The average Bonchev–Trinajstić information content (AvgIpc) is 3.59. The smallest absolute Gasteiger partial charge is 0.408 e. The van der Waals surface area contributed by atoms with Crippen molar-refractivity contribution in [2.45, 2.75) is 55.8 Å². The Hall–Kier alpha value is -4.34. The number of aliphatic hydroxyl groups is 4. The summed E-state index contributed by atoms with van der Waals surface area (Å²) >= 11 is 6.26. The van der Waals surface area contributed by atoms with Crippen LogP contribution in [0.1, 0.15) is 23.6 Å². The van der Waals surface area contributed by atoms with Crippen molar-refractivity contribution in [3.05, 3.63) is 83.4 Å². The number of fused-ring (bicyclic) bond motifs is 1. The summed E-state index contributed by atoms with van der Waals surface area (Å²) in [4.78, 5) is 38.1. The molecule has 0 radical (unpaired) electrons. The van der Waals surface area contributed by atoms with Crippen LogP contribution in [0, 0.1) is 0 Å². The number of aliphatic hydroxyl groups excluding tert-OH is 4. The van der Waals surface area contributed by atoms with E-state index in [9.17, 15) is 30.0 Å². The number of ether oxygens (including phenoxy) is 1. The highest BCUT2D eigenvalue weighted by molar-refractivity contribution is 6.28. The number of anilines is 1. The first kappa shape index (κ1) is 32.1. The van der Waals surface area contributed by atoms with Crippen molar-refractivity contribution in [2.75, 3.05) is 18.5 Å². The number of rotatable bonds is 12. The van der Waals surface area contributed by atoms with Gasteiger partial charge < -0.3 is 45.7 Å². The van der Waals surface area contributed by atoms with E-state index in [2.05, 4.69) is 30.9 Å². The molecule has 0 spiro atoms. The predicted octanol–water partition coefficient (Wildman–Crippen LogP) is 0.934. The monoisotopic (exact) mass is 639 g/mol. The molecule has 1 fully saturated rings. The Labute approximate surface area is 263 Å². The summed E-state index contributed by atoms with van der Waals surface area (Å²) in [5.74, 6) is -0.487. The lowest BCUT2D eigenvalue weighted by atomic mass is 10.1. The molecule has 15 heteroatoms. The van der Waals surface area contributed by atoms with Gasteiger partial charge in [0.25, 0.3) is 0 Å². The summed E-state index contributed by atoms with van der Waals surface area (Å²) in [6.45, 7) is -0.946. The molecule has 1 aliphatic carbocycles. The van der Waals surface area contributed by atoms with Crippen LogP contribution in [0.4, 0.5) is 10.6 Å². The number of carbonyl (C=O) groups excluding carboxylic acids is 2. The Kier molecular flexibility index (Phi) is 10.4. The van der Waals surface area contributed by atoms with E-state index in [-0.39, 0.29) is 36.4 Å². The van der Waals surface area contributed by atoms with E-state index in [1.165, 1.54) is 6.33 Å². The van der Waals surface area contributed by atoms with Gasteiger partial charge >= 0.3 is 6.09 Å². The van der Waals surface area contributed by atoms with E-state index >= 15 is 0 Å². The van der Waals surface area contributed by atoms with Gasteiger partial charge in [0.15, 0.2) is 17.0 Å². The molecule has 7 N–H and O–H groups in total. The average molecular weight is 640 g/mol. The van der Waals surface area contributed by atoms with Crippen LogP contribution in [-0.2, 0) is 22.6 Å². The molecule has 2 aromatic heterocycles. The standard InChI is InChI=1S/C30H34ClN7O7/c31-29-36-26(33-19(13-39)11-17-7-3-1-4-8-17)23-27(37-29)38(16-32-23)22-12-20(24(41)25(22)42)34-28(43)21(14-40)35-30(44)45-15-18-9-5-2-6-10-18/h1-10,16,19-22,24-25,39-42H,11-15H2,(H,34,43)(H,35,44)(H,33,36,37)/t19-,20-,21+,22+,24+,25-/m0/s1. The normalized spacial score (nSPS) is 20.8. The third kappa shape index (κ3) is 7.67. The van der Waals surface area contributed by atoms with Gasteiger partial charge in [-0.1, -0.05) is 60.7 Å². The van der Waals surface area contributed by atoms with Crippen LogP contribution < -0.4 is 16.0 Å². The quantitative estimate of drug-likeness (QED) is 0.109. The van der Waals surface area contributed by atoms with Crippen molar-refractivity contribution < 1.29 is 34.8 Å². The Morgan fingerprint density at radius 1 is 0.978 bits per heavy atom. The Morgan fingerprint density at radius 3 is 2.33 bits per heavy atom. The van der Waals surface area contributed by atoms with Gasteiger partial charge in [-0.25, -0.2) is 9.78 Å². The molecule has 1 saturated carbocycles. The van der Waals surface area contributed by atoms with Crippen LogP contribution in [0.5, 0.6) is 0 Å². The van der Waals surface area contributed by atoms with E-state index < -0.39 is 55.0 Å². The molecule has 0 bridgehead atoms. The first-order chi connectivity index (χ1) is 21.8. The molecular formula is C30H34ClN7O7. The second-order valence-electron chi connectivity index (χ2n) is 10.7. The number of imidazole rings is 1. The minimum atomic E-state index is -1.39. The van der Waals surface area contributed by atoms with Gasteiger partial charge in [0.05, 0.1) is 37.7 Å². The van der Waals surface area contributed by atoms with Crippen LogP contribution in [0.15, 0.2) is 67.0 Å². The van der Waals surface area contributed by atoms with Crippen LogP contribution in [0.2, 0.25) is 5.28 Å². The van der Waals surface area contributed by atoms with Crippen molar-refractivity contribution in [1.29, 1.82) is 0 Å². The molecule has 14 nitrogen and oxygen atoms in total. The Morgan fingerprint density at radius 2 is 1.67 bits per heavy atom. The number of carbonyl (C=O) groups is 2. The van der Waals surface area contributed by atoms with Crippen molar-refractivity contribution in [3.8, 4) is 0 Å². The van der Waals surface area contributed by atoms with E-state index in [4.69, 9.17) is 16.3 Å². The molecule has 4 aromatic rings. The minimum absolute atomic E-state index is 0.0288. The van der Waals surface area contributed by atoms with E-state index in [1.807, 2.05) is 36.4 Å². The highest BCUT2D eigenvalue weighted by Crippen LogP contribution is 2.34. The zero-order valence-electron chi connectivity index (χ0n) is 24.0. The molecule has 1 aliphatic rings. The van der Waals surface area contributed by atoms with Crippen molar-refractivity contribution >= 4 is 40.6 Å². The fourth-order valence-corrected chi connectivity index (χ4v) is 5.46. The van der Waals surface area contributed by atoms with Crippen molar-refractivity contribution in [3.63, 3.8) is 0 Å². The molecule has 2 heterocycles. The molecule has 2 aromatic carbocycles. The predicted molar refractivity (Wildman–Crippen MR) is 163 cm³/mol. The van der Waals surface area contributed by atoms with Crippen LogP contribution in [0.25, 0.3) is 11.2 Å². The van der Waals surface area contributed by atoms with Gasteiger partial charge in [0, 0.05) is 0 Å². The van der Waals surface area contributed by atoms with Crippen molar-refractivity contribution in [2.24, 2.45) is 0 Å². The van der Waals surface area contributed by atoms with E-state index in [0.717, 1.165) is 11.1 Å². The SMILES string of the molecule is O=C(N[C@H](CO)C(=O)N[C@H]1C[C@@H](n2cnc3c(N[C@H](CO)Cc4ccccc4)nc(Cl)nc32)[C@H](O)[C@@H]1O)OCc1ccccc1. The topological polar surface area (TPSA) is 204 Å². The maximum atomic E-state index is 12.9. The third-order valence-corrected chi connectivity index (χ3v) is 7.79. The number of benzene rings is 2. The summed E-state index contributed by atoms with van der Waals surface area (Å²) in [6, 6.07) is 15.1. The molecule has 0 aliphatic heterocycles. The maximum Gasteiger partial charge on any atom is 0.408 e. The lowest BCUT2D eigenvalue weighted by molar-refractivity contribution is -0.125. The third-order valence-electron chi connectivity index (χ3n) is 7.62. The van der Waals surface area contributed by atoms with Crippen LogP contribution in [0.3, 0.4) is 0 Å². The minimum Gasteiger partial charge on any atom is -0.445 e. The second kappa shape index (κ2) is 14.6. The molecule has 238 valence electrons. The van der Waals surface area contributed by atoms with Gasteiger partial charge in [-0.2, -0.15) is 9.97 Å². The van der Waals surface area contributed by atoms with Crippen LogP contribution >= 0.6 is 11.6 Å².